The maximum absolute atomic E-state index is 2.32. The molecule has 24 heavy (non-hydrogen) atoms. The van der Waals surface area contributed by atoms with Gasteiger partial charge in [-0.2, -0.15) is 0 Å². The summed E-state index contributed by atoms with van der Waals surface area (Å²) in [6.07, 6.45) is 3.41. The van der Waals surface area contributed by atoms with Crippen LogP contribution in [0.15, 0.2) is 91.1 Å². The molecule has 0 fully saturated rings. The van der Waals surface area contributed by atoms with E-state index in [1.54, 1.807) is 0 Å². The average molecular weight is 311 g/mol. The molecule has 1 aromatic heterocycles. The third-order valence-electron chi connectivity index (χ3n) is 4.76. The van der Waals surface area contributed by atoms with Crippen LogP contribution in [0.4, 0.5) is 0 Å². The summed E-state index contributed by atoms with van der Waals surface area (Å²) in [4.78, 5) is 0. The number of hydrogen-bond acceptors (Lipinski definition) is 0. The van der Waals surface area contributed by atoms with Crippen LogP contribution >= 0.6 is 0 Å². The molecule has 1 atom stereocenters. The minimum absolute atomic E-state index is 0.418. The van der Waals surface area contributed by atoms with Crippen molar-refractivity contribution < 1.29 is 0 Å². The second-order valence-corrected chi connectivity index (χ2v) is 6.18. The number of para-hydroxylation sites is 2. The molecule has 1 unspecified atom stereocenters. The fourth-order valence-electron chi connectivity index (χ4n) is 3.61. The Morgan fingerprint density at radius 2 is 1.38 bits per heavy atom. The monoisotopic (exact) mass is 311 g/mol. The lowest BCUT2D eigenvalue weighted by Gasteiger charge is -2.14. The largest absolute Gasteiger partial charge is 0.316 e. The van der Waals surface area contributed by atoms with Crippen molar-refractivity contribution in [1.29, 1.82) is 0 Å². The molecule has 0 N–H and O–H groups in total. The van der Waals surface area contributed by atoms with Gasteiger partial charge in [-0.05, 0) is 35.7 Å². The van der Waals surface area contributed by atoms with Crippen molar-refractivity contribution in [3.63, 3.8) is 0 Å². The fraction of sp³-hybridized carbons (Fsp3) is 0.130. The van der Waals surface area contributed by atoms with Crippen LogP contribution in [-0.2, 0) is 0 Å². The Bertz CT molecular complexity index is 936. The lowest BCUT2D eigenvalue weighted by molar-refractivity contribution is 0.781. The van der Waals surface area contributed by atoms with Gasteiger partial charge in [0.25, 0.3) is 0 Å². The lowest BCUT2D eigenvalue weighted by atomic mass is 9.89. The van der Waals surface area contributed by atoms with Gasteiger partial charge < -0.3 is 4.57 Å². The second-order valence-electron chi connectivity index (χ2n) is 6.18. The molecular formula is C23H21N. The van der Waals surface area contributed by atoms with Crippen molar-refractivity contribution in [2.24, 2.45) is 0 Å². The van der Waals surface area contributed by atoms with Gasteiger partial charge in [0.2, 0.25) is 0 Å². The molecule has 3 aromatic carbocycles. The SMILES string of the molecule is CCC(c1ccccc1)c1cn(-c2ccccc2)c2ccccc12. The molecule has 0 aliphatic rings. The lowest BCUT2D eigenvalue weighted by Crippen LogP contribution is -1.99. The van der Waals surface area contributed by atoms with Crippen molar-refractivity contribution in [1.82, 2.24) is 4.57 Å². The number of benzene rings is 3. The zero-order valence-electron chi connectivity index (χ0n) is 13.9. The molecule has 0 aliphatic carbocycles. The third kappa shape index (κ3) is 2.52. The summed E-state index contributed by atoms with van der Waals surface area (Å²) in [6, 6.07) is 30.1. The Balaban J connectivity index is 1.93. The summed E-state index contributed by atoms with van der Waals surface area (Å²) in [7, 11) is 0. The Kier molecular flexibility index (Phi) is 3.92. The summed E-state index contributed by atoms with van der Waals surface area (Å²) in [5.74, 6) is 0.418. The zero-order valence-corrected chi connectivity index (χ0v) is 13.9. The molecule has 4 rings (SSSR count). The van der Waals surface area contributed by atoms with E-state index in [1.165, 1.54) is 27.7 Å². The maximum atomic E-state index is 2.32. The predicted octanol–water partition coefficient (Wildman–Crippen LogP) is 6.17. The first kappa shape index (κ1) is 14.8. The molecular weight excluding hydrogens is 290 g/mol. The van der Waals surface area contributed by atoms with E-state index in [0.717, 1.165) is 6.42 Å². The van der Waals surface area contributed by atoms with Gasteiger partial charge in [-0.15, -0.1) is 0 Å². The minimum atomic E-state index is 0.418. The first-order chi connectivity index (χ1) is 11.9. The molecule has 1 heterocycles. The van der Waals surface area contributed by atoms with Gasteiger partial charge in [-0.1, -0.05) is 73.7 Å². The number of fused-ring (bicyclic) bond motifs is 1. The highest BCUT2D eigenvalue weighted by Crippen LogP contribution is 2.35. The van der Waals surface area contributed by atoms with Crippen LogP contribution in [0.1, 0.15) is 30.4 Å². The first-order valence-electron chi connectivity index (χ1n) is 8.59. The van der Waals surface area contributed by atoms with Crippen LogP contribution in [-0.4, -0.2) is 4.57 Å². The molecule has 0 saturated carbocycles. The second kappa shape index (κ2) is 6.37. The predicted molar refractivity (Wildman–Crippen MR) is 102 cm³/mol. The average Bonchev–Trinajstić information content (AvgIpc) is 3.04. The summed E-state index contributed by atoms with van der Waals surface area (Å²) in [5.41, 5.74) is 5.27. The van der Waals surface area contributed by atoms with E-state index in [0.29, 0.717) is 5.92 Å². The van der Waals surface area contributed by atoms with Gasteiger partial charge in [0.15, 0.2) is 0 Å². The summed E-state index contributed by atoms with van der Waals surface area (Å²) in [5, 5.41) is 1.34. The molecule has 0 saturated heterocycles. The standard InChI is InChI=1S/C23H21N/c1-2-20(18-11-5-3-6-12-18)22-17-24(19-13-7-4-8-14-19)23-16-10-9-15-21(22)23/h3-17,20H,2H2,1H3. The Hall–Kier alpha value is -2.80. The van der Waals surface area contributed by atoms with Gasteiger partial charge in [-0.3, -0.25) is 0 Å². The highest BCUT2D eigenvalue weighted by Gasteiger charge is 2.18. The van der Waals surface area contributed by atoms with Crippen molar-refractivity contribution in [2.75, 3.05) is 0 Å². The molecule has 0 radical (unpaired) electrons. The highest BCUT2D eigenvalue weighted by molar-refractivity contribution is 5.86. The molecule has 4 aromatic rings. The van der Waals surface area contributed by atoms with E-state index in [1.807, 2.05) is 0 Å². The molecule has 0 aliphatic heterocycles. The number of rotatable bonds is 4. The molecule has 0 amide bonds. The topological polar surface area (TPSA) is 4.93 Å². The molecule has 118 valence electrons. The number of nitrogens with zero attached hydrogens (tertiary/aromatic N) is 1. The summed E-state index contributed by atoms with van der Waals surface area (Å²) in [6.45, 7) is 2.27. The normalized spacial score (nSPS) is 12.4. The van der Waals surface area contributed by atoms with Crippen LogP contribution in [0.2, 0.25) is 0 Å². The molecule has 0 bridgehead atoms. The summed E-state index contributed by atoms with van der Waals surface area (Å²) < 4.78 is 2.32. The van der Waals surface area contributed by atoms with E-state index in [4.69, 9.17) is 0 Å². The Morgan fingerprint density at radius 3 is 2.08 bits per heavy atom. The Labute approximate surface area is 143 Å². The van der Waals surface area contributed by atoms with Gasteiger partial charge in [0.05, 0.1) is 5.52 Å². The Morgan fingerprint density at radius 1 is 0.750 bits per heavy atom. The van der Waals surface area contributed by atoms with E-state index in [9.17, 15) is 0 Å². The van der Waals surface area contributed by atoms with Crippen LogP contribution in [0.25, 0.3) is 16.6 Å². The molecule has 1 nitrogen and oxygen atoms in total. The van der Waals surface area contributed by atoms with Gasteiger partial charge >= 0.3 is 0 Å². The van der Waals surface area contributed by atoms with E-state index < -0.39 is 0 Å². The molecule has 1 heteroatoms. The maximum Gasteiger partial charge on any atom is 0.0531 e. The summed E-state index contributed by atoms with van der Waals surface area (Å²) >= 11 is 0. The van der Waals surface area contributed by atoms with Crippen LogP contribution < -0.4 is 0 Å². The minimum Gasteiger partial charge on any atom is -0.316 e. The van der Waals surface area contributed by atoms with Crippen molar-refractivity contribution in [3.05, 3.63) is 102 Å². The van der Waals surface area contributed by atoms with Gasteiger partial charge in [-0.25, -0.2) is 0 Å². The van der Waals surface area contributed by atoms with Gasteiger partial charge in [0, 0.05) is 23.2 Å². The third-order valence-corrected chi connectivity index (χ3v) is 4.76. The van der Waals surface area contributed by atoms with Crippen LogP contribution in [0.5, 0.6) is 0 Å². The van der Waals surface area contributed by atoms with E-state index in [2.05, 4.69) is 103 Å². The number of hydrogen-bond donors (Lipinski definition) is 0. The zero-order chi connectivity index (χ0) is 16.4. The van der Waals surface area contributed by atoms with Crippen LogP contribution in [0, 0.1) is 0 Å². The fourth-order valence-corrected chi connectivity index (χ4v) is 3.61. The van der Waals surface area contributed by atoms with Crippen molar-refractivity contribution in [3.8, 4) is 5.69 Å². The highest BCUT2D eigenvalue weighted by atomic mass is 15.0. The van der Waals surface area contributed by atoms with Crippen molar-refractivity contribution >= 4 is 10.9 Å². The number of aromatic nitrogens is 1. The molecule has 0 spiro atoms. The quantitative estimate of drug-likeness (QED) is 0.424. The van der Waals surface area contributed by atoms with E-state index in [-0.39, 0.29) is 0 Å². The van der Waals surface area contributed by atoms with Gasteiger partial charge in [0.1, 0.15) is 0 Å². The van der Waals surface area contributed by atoms with E-state index >= 15 is 0 Å². The van der Waals surface area contributed by atoms with Crippen LogP contribution in [0.3, 0.4) is 0 Å². The first-order valence-corrected chi connectivity index (χ1v) is 8.59. The van der Waals surface area contributed by atoms with Crippen molar-refractivity contribution in [2.45, 2.75) is 19.3 Å². The smallest absolute Gasteiger partial charge is 0.0531 e.